The molecule has 4 N–H and O–H groups in total. The number of rotatable bonds is 5. The van der Waals surface area contributed by atoms with Crippen LogP contribution in [0.15, 0.2) is 0 Å². The molecule has 106 valence electrons. The fourth-order valence-corrected chi connectivity index (χ4v) is 2.27. The summed E-state index contributed by atoms with van der Waals surface area (Å²) < 4.78 is 5.29. The lowest BCUT2D eigenvalue weighted by molar-refractivity contribution is 0.0642. The zero-order valence-electron chi connectivity index (χ0n) is 11.4. The van der Waals surface area contributed by atoms with E-state index in [0.717, 1.165) is 44.6 Å². The molecular weight excluding hydrogens is 244 g/mol. The Balaban J connectivity index is 1.88. The SMILES string of the molecule is CCCc1[nH]nc(C(=O)NCC2CCOCC2)c1N. The highest BCUT2D eigenvalue weighted by Gasteiger charge is 2.19. The lowest BCUT2D eigenvalue weighted by Gasteiger charge is -2.21. The molecule has 0 aliphatic carbocycles. The predicted molar refractivity (Wildman–Crippen MR) is 72.9 cm³/mol. The number of hydrogen-bond acceptors (Lipinski definition) is 4. The minimum atomic E-state index is -0.192. The van der Waals surface area contributed by atoms with Gasteiger partial charge in [0.15, 0.2) is 5.69 Å². The number of hydrogen-bond donors (Lipinski definition) is 3. The summed E-state index contributed by atoms with van der Waals surface area (Å²) in [7, 11) is 0. The third-order valence-corrected chi connectivity index (χ3v) is 3.49. The fraction of sp³-hybridized carbons (Fsp3) is 0.692. The number of aryl methyl sites for hydroxylation is 1. The van der Waals surface area contributed by atoms with Crippen molar-refractivity contribution < 1.29 is 9.53 Å². The van der Waals surface area contributed by atoms with Crippen LogP contribution in [-0.4, -0.2) is 35.9 Å². The molecule has 6 nitrogen and oxygen atoms in total. The van der Waals surface area contributed by atoms with E-state index >= 15 is 0 Å². The molecule has 0 radical (unpaired) electrons. The van der Waals surface area contributed by atoms with Gasteiger partial charge in [-0.15, -0.1) is 0 Å². The number of anilines is 1. The summed E-state index contributed by atoms with van der Waals surface area (Å²) in [6.07, 6.45) is 3.77. The van der Waals surface area contributed by atoms with Gasteiger partial charge in [-0.2, -0.15) is 5.10 Å². The molecule has 2 rings (SSSR count). The molecule has 0 spiro atoms. The quantitative estimate of drug-likeness (QED) is 0.744. The third-order valence-electron chi connectivity index (χ3n) is 3.49. The number of H-pyrrole nitrogens is 1. The van der Waals surface area contributed by atoms with Gasteiger partial charge >= 0.3 is 0 Å². The van der Waals surface area contributed by atoms with Crippen LogP contribution in [0.5, 0.6) is 0 Å². The summed E-state index contributed by atoms with van der Waals surface area (Å²) >= 11 is 0. The molecule has 6 heteroatoms. The maximum Gasteiger partial charge on any atom is 0.273 e. The summed E-state index contributed by atoms with van der Waals surface area (Å²) in [5.74, 6) is 0.301. The number of nitrogen functional groups attached to an aromatic ring is 1. The van der Waals surface area contributed by atoms with Crippen molar-refractivity contribution in [3.05, 3.63) is 11.4 Å². The van der Waals surface area contributed by atoms with Crippen molar-refractivity contribution in [3.63, 3.8) is 0 Å². The van der Waals surface area contributed by atoms with Crippen LogP contribution in [0, 0.1) is 5.92 Å². The molecular formula is C13H22N4O2. The average Bonchev–Trinajstić information content (AvgIpc) is 2.79. The number of amides is 1. The highest BCUT2D eigenvalue weighted by Crippen LogP contribution is 2.16. The average molecular weight is 266 g/mol. The maximum atomic E-state index is 12.0. The van der Waals surface area contributed by atoms with Gasteiger partial charge in [0.2, 0.25) is 0 Å². The van der Waals surface area contributed by atoms with Crippen molar-refractivity contribution in [2.45, 2.75) is 32.6 Å². The smallest absolute Gasteiger partial charge is 0.273 e. The van der Waals surface area contributed by atoms with E-state index < -0.39 is 0 Å². The van der Waals surface area contributed by atoms with Gasteiger partial charge in [0.25, 0.3) is 5.91 Å². The second-order valence-electron chi connectivity index (χ2n) is 4.98. The van der Waals surface area contributed by atoms with Crippen LogP contribution < -0.4 is 11.1 Å². The second kappa shape index (κ2) is 6.56. The molecule has 1 aromatic heterocycles. The summed E-state index contributed by atoms with van der Waals surface area (Å²) in [5, 5.41) is 9.76. The van der Waals surface area contributed by atoms with Crippen LogP contribution in [0.2, 0.25) is 0 Å². The maximum absolute atomic E-state index is 12.0. The van der Waals surface area contributed by atoms with Crippen molar-refractivity contribution >= 4 is 11.6 Å². The monoisotopic (exact) mass is 266 g/mol. The van der Waals surface area contributed by atoms with Crippen LogP contribution in [0.25, 0.3) is 0 Å². The van der Waals surface area contributed by atoms with Gasteiger partial charge in [-0.25, -0.2) is 0 Å². The number of carbonyl (C=O) groups is 1. The van der Waals surface area contributed by atoms with E-state index in [1.807, 2.05) is 0 Å². The lowest BCUT2D eigenvalue weighted by atomic mass is 10.0. The molecule has 1 amide bonds. The molecule has 1 fully saturated rings. The molecule has 1 aliphatic heterocycles. The van der Waals surface area contributed by atoms with E-state index in [1.165, 1.54) is 0 Å². The van der Waals surface area contributed by atoms with E-state index in [4.69, 9.17) is 10.5 Å². The van der Waals surface area contributed by atoms with Gasteiger partial charge in [0.05, 0.1) is 11.4 Å². The van der Waals surface area contributed by atoms with Gasteiger partial charge in [-0.1, -0.05) is 13.3 Å². The molecule has 1 aliphatic rings. The minimum absolute atomic E-state index is 0.192. The van der Waals surface area contributed by atoms with Crippen molar-refractivity contribution in [3.8, 4) is 0 Å². The summed E-state index contributed by atoms with van der Waals surface area (Å²) in [4.78, 5) is 12.0. The number of nitrogens with zero attached hydrogens (tertiary/aromatic N) is 1. The number of nitrogens with two attached hydrogens (primary N) is 1. The number of ether oxygens (including phenoxy) is 1. The van der Waals surface area contributed by atoms with E-state index in [-0.39, 0.29) is 5.91 Å². The topological polar surface area (TPSA) is 93.0 Å². The van der Waals surface area contributed by atoms with E-state index in [0.29, 0.717) is 23.8 Å². The first kappa shape index (κ1) is 13.9. The van der Waals surface area contributed by atoms with Crippen molar-refractivity contribution in [2.75, 3.05) is 25.5 Å². The number of aromatic nitrogens is 2. The summed E-state index contributed by atoms with van der Waals surface area (Å²) in [6.45, 7) is 4.29. The zero-order chi connectivity index (χ0) is 13.7. The van der Waals surface area contributed by atoms with E-state index in [9.17, 15) is 4.79 Å². The summed E-state index contributed by atoms with van der Waals surface area (Å²) in [6, 6.07) is 0. The van der Waals surface area contributed by atoms with E-state index in [1.54, 1.807) is 0 Å². The largest absolute Gasteiger partial charge is 0.395 e. The van der Waals surface area contributed by atoms with Crippen molar-refractivity contribution in [1.82, 2.24) is 15.5 Å². The van der Waals surface area contributed by atoms with Crippen molar-refractivity contribution in [2.24, 2.45) is 5.92 Å². The minimum Gasteiger partial charge on any atom is -0.395 e. The Morgan fingerprint density at radius 3 is 2.95 bits per heavy atom. The first-order valence-electron chi connectivity index (χ1n) is 6.91. The Kier molecular flexibility index (Phi) is 4.79. The van der Waals surface area contributed by atoms with Gasteiger partial charge < -0.3 is 15.8 Å². The molecule has 1 aromatic rings. The van der Waals surface area contributed by atoms with Gasteiger partial charge in [-0.3, -0.25) is 9.89 Å². The molecule has 0 unspecified atom stereocenters. The van der Waals surface area contributed by atoms with Gasteiger partial charge in [0, 0.05) is 19.8 Å². The number of nitrogens with one attached hydrogen (secondary N) is 2. The van der Waals surface area contributed by atoms with Gasteiger partial charge in [0.1, 0.15) is 0 Å². The molecule has 0 aromatic carbocycles. The molecule has 0 bridgehead atoms. The second-order valence-corrected chi connectivity index (χ2v) is 4.98. The van der Waals surface area contributed by atoms with Crippen LogP contribution in [0.3, 0.4) is 0 Å². The van der Waals surface area contributed by atoms with Crippen molar-refractivity contribution in [1.29, 1.82) is 0 Å². The Morgan fingerprint density at radius 1 is 1.53 bits per heavy atom. The highest BCUT2D eigenvalue weighted by atomic mass is 16.5. The predicted octanol–water partition coefficient (Wildman–Crippen LogP) is 1.10. The molecule has 2 heterocycles. The Morgan fingerprint density at radius 2 is 2.26 bits per heavy atom. The molecule has 0 saturated carbocycles. The third kappa shape index (κ3) is 3.47. The van der Waals surface area contributed by atoms with Gasteiger partial charge in [-0.05, 0) is 25.2 Å². The van der Waals surface area contributed by atoms with E-state index in [2.05, 4.69) is 22.4 Å². The molecule has 1 saturated heterocycles. The standard InChI is InChI=1S/C13H22N4O2/c1-2-3-10-11(14)12(17-16-10)13(18)15-8-9-4-6-19-7-5-9/h9H,2-8,14H2,1H3,(H,15,18)(H,16,17). The first-order valence-corrected chi connectivity index (χ1v) is 6.91. The summed E-state index contributed by atoms with van der Waals surface area (Å²) in [5.41, 5.74) is 7.56. The van der Waals surface area contributed by atoms with Crippen LogP contribution in [0.4, 0.5) is 5.69 Å². The normalized spacial score (nSPS) is 16.5. The number of aromatic amines is 1. The Labute approximate surface area is 113 Å². The Bertz CT molecular complexity index is 424. The zero-order valence-corrected chi connectivity index (χ0v) is 11.4. The van der Waals surface area contributed by atoms with Crippen LogP contribution >= 0.6 is 0 Å². The Hall–Kier alpha value is -1.56. The first-order chi connectivity index (χ1) is 9.22. The highest BCUT2D eigenvalue weighted by molar-refractivity contribution is 5.97. The van der Waals surface area contributed by atoms with Crippen LogP contribution in [-0.2, 0) is 11.2 Å². The fourth-order valence-electron chi connectivity index (χ4n) is 2.27. The molecule has 19 heavy (non-hydrogen) atoms. The lowest BCUT2D eigenvalue weighted by Crippen LogP contribution is -2.32. The molecule has 0 atom stereocenters. The van der Waals surface area contributed by atoms with Crippen LogP contribution in [0.1, 0.15) is 42.4 Å². The number of carbonyl (C=O) groups excluding carboxylic acids is 1.